The molecule has 3 N–H and O–H groups in total. The summed E-state index contributed by atoms with van der Waals surface area (Å²) >= 11 is 11.9. The molecule has 1 aromatic heterocycles. The minimum absolute atomic E-state index is 0. The van der Waals surface area contributed by atoms with Crippen molar-refractivity contribution in [3.8, 4) is 0 Å². The monoisotopic (exact) mass is 404 g/mol. The van der Waals surface area contributed by atoms with Gasteiger partial charge in [0.05, 0.1) is 11.6 Å². The molecule has 0 saturated heterocycles. The summed E-state index contributed by atoms with van der Waals surface area (Å²) in [6.07, 6.45) is 2.21. The van der Waals surface area contributed by atoms with Crippen molar-refractivity contribution in [2.45, 2.75) is 26.3 Å². The van der Waals surface area contributed by atoms with Crippen LogP contribution in [0.2, 0.25) is 10.2 Å². The molecule has 0 saturated carbocycles. The van der Waals surface area contributed by atoms with Crippen LogP contribution in [0.4, 0.5) is 0 Å². The Labute approximate surface area is 135 Å². The average molecular weight is 405 g/mol. The van der Waals surface area contributed by atoms with Gasteiger partial charge in [-0.05, 0) is 12.5 Å². The second kappa shape index (κ2) is 8.87. The first-order valence-corrected chi connectivity index (χ1v) is 6.35. The van der Waals surface area contributed by atoms with Crippen LogP contribution in [0.15, 0.2) is 11.1 Å². The van der Waals surface area contributed by atoms with E-state index in [-0.39, 0.29) is 24.0 Å². The minimum Gasteiger partial charge on any atom is -0.370 e. The van der Waals surface area contributed by atoms with Gasteiger partial charge in [0.15, 0.2) is 5.96 Å². The van der Waals surface area contributed by atoms with Crippen LogP contribution in [-0.2, 0) is 13.6 Å². The maximum absolute atomic E-state index is 5.95. The van der Waals surface area contributed by atoms with Gasteiger partial charge in [-0.25, -0.2) is 4.99 Å². The number of aromatic nitrogens is 1. The summed E-state index contributed by atoms with van der Waals surface area (Å²) in [5.74, 6) is 0.451. The highest BCUT2D eigenvalue weighted by Gasteiger charge is 2.07. The van der Waals surface area contributed by atoms with Gasteiger partial charge in [0.25, 0.3) is 0 Å². The van der Waals surface area contributed by atoms with Gasteiger partial charge in [0.2, 0.25) is 0 Å². The van der Waals surface area contributed by atoms with E-state index in [2.05, 4.69) is 17.2 Å². The number of nitrogens with one attached hydrogen (secondary N) is 1. The smallest absolute Gasteiger partial charge is 0.188 e. The molecule has 0 radical (unpaired) electrons. The maximum Gasteiger partial charge on any atom is 0.188 e. The predicted octanol–water partition coefficient (Wildman–Crippen LogP) is 3.15. The largest absolute Gasteiger partial charge is 0.370 e. The van der Waals surface area contributed by atoms with Gasteiger partial charge in [-0.3, -0.25) is 0 Å². The number of rotatable bonds is 5. The van der Waals surface area contributed by atoms with Crippen molar-refractivity contribution in [3.05, 3.63) is 21.9 Å². The fourth-order valence-electron chi connectivity index (χ4n) is 1.36. The highest BCUT2D eigenvalue weighted by molar-refractivity contribution is 14.0. The van der Waals surface area contributed by atoms with Crippen LogP contribution < -0.4 is 11.1 Å². The molecule has 0 bridgehead atoms. The molecule has 18 heavy (non-hydrogen) atoms. The molecule has 1 heterocycles. The second-order valence-corrected chi connectivity index (χ2v) is 4.58. The van der Waals surface area contributed by atoms with Crippen molar-refractivity contribution >= 4 is 53.1 Å². The normalized spacial score (nSPS) is 11.2. The Morgan fingerprint density at radius 1 is 1.50 bits per heavy atom. The Hall–Kier alpha value is -0.140. The van der Waals surface area contributed by atoms with Crippen LogP contribution in [0.5, 0.6) is 0 Å². The molecule has 104 valence electrons. The molecule has 0 aliphatic heterocycles. The zero-order valence-electron chi connectivity index (χ0n) is 10.5. The van der Waals surface area contributed by atoms with E-state index in [0.29, 0.717) is 22.7 Å². The fraction of sp³-hybridized carbons (Fsp3) is 0.545. The van der Waals surface area contributed by atoms with Crippen LogP contribution in [-0.4, -0.2) is 17.1 Å². The molecule has 0 aliphatic carbocycles. The quantitative estimate of drug-likeness (QED) is 0.342. The highest BCUT2D eigenvalue weighted by atomic mass is 127. The lowest BCUT2D eigenvalue weighted by Gasteiger charge is -2.05. The van der Waals surface area contributed by atoms with Crippen LogP contribution in [0.25, 0.3) is 0 Å². The van der Waals surface area contributed by atoms with E-state index in [0.717, 1.165) is 25.1 Å². The first-order chi connectivity index (χ1) is 8.06. The Morgan fingerprint density at radius 3 is 2.67 bits per heavy atom. The van der Waals surface area contributed by atoms with Crippen molar-refractivity contribution in [2.75, 3.05) is 6.54 Å². The number of aliphatic imine (C=N–C) groups is 1. The molecular weight excluding hydrogens is 386 g/mol. The summed E-state index contributed by atoms with van der Waals surface area (Å²) in [5, 5.41) is 4.11. The van der Waals surface area contributed by atoms with E-state index in [9.17, 15) is 0 Å². The molecule has 0 fully saturated rings. The van der Waals surface area contributed by atoms with Gasteiger partial charge in [-0.1, -0.05) is 36.5 Å². The van der Waals surface area contributed by atoms with Crippen LogP contribution in [0.3, 0.4) is 0 Å². The maximum atomic E-state index is 5.95. The molecule has 7 heteroatoms. The molecule has 0 aromatic carbocycles. The summed E-state index contributed by atoms with van der Waals surface area (Å²) in [6, 6.07) is 1.80. The summed E-state index contributed by atoms with van der Waals surface area (Å²) < 4.78 is 1.80. The highest BCUT2D eigenvalue weighted by Crippen LogP contribution is 2.25. The van der Waals surface area contributed by atoms with E-state index in [1.165, 1.54) is 0 Å². The molecule has 1 rings (SSSR count). The Balaban J connectivity index is 0.00000289. The van der Waals surface area contributed by atoms with Gasteiger partial charge < -0.3 is 15.6 Å². The number of nitrogens with zero attached hydrogens (tertiary/aromatic N) is 2. The van der Waals surface area contributed by atoms with Crippen molar-refractivity contribution in [3.63, 3.8) is 0 Å². The number of halogens is 3. The molecular formula is C11H19Cl2IN4. The molecule has 1 aromatic rings. The summed E-state index contributed by atoms with van der Waals surface area (Å²) in [5.41, 5.74) is 6.65. The van der Waals surface area contributed by atoms with E-state index in [4.69, 9.17) is 28.9 Å². The Bertz CT molecular complexity index is 404. The first-order valence-electron chi connectivity index (χ1n) is 5.59. The van der Waals surface area contributed by atoms with Gasteiger partial charge in [0, 0.05) is 19.3 Å². The van der Waals surface area contributed by atoms with E-state index >= 15 is 0 Å². The van der Waals surface area contributed by atoms with Crippen molar-refractivity contribution in [1.29, 1.82) is 0 Å². The van der Waals surface area contributed by atoms with E-state index < -0.39 is 0 Å². The Kier molecular flexibility index (Phi) is 8.81. The van der Waals surface area contributed by atoms with E-state index in [1.807, 2.05) is 7.05 Å². The SMILES string of the molecule is CCCCNC(N)=NCc1cc(Cl)c(Cl)n1C.I. The summed E-state index contributed by atoms with van der Waals surface area (Å²) in [4.78, 5) is 4.23. The third kappa shape index (κ3) is 5.24. The molecule has 0 atom stereocenters. The van der Waals surface area contributed by atoms with Crippen LogP contribution in [0.1, 0.15) is 25.5 Å². The fourth-order valence-corrected chi connectivity index (χ4v) is 1.77. The predicted molar refractivity (Wildman–Crippen MR) is 89.1 cm³/mol. The lowest BCUT2D eigenvalue weighted by atomic mass is 10.3. The minimum atomic E-state index is 0. The van der Waals surface area contributed by atoms with Crippen molar-refractivity contribution in [2.24, 2.45) is 17.8 Å². The molecule has 0 unspecified atom stereocenters. The lowest BCUT2D eigenvalue weighted by Crippen LogP contribution is -2.32. The second-order valence-electron chi connectivity index (χ2n) is 3.82. The van der Waals surface area contributed by atoms with Crippen LogP contribution >= 0.6 is 47.2 Å². The number of hydrogen-bond acceptors (Lipinski definition) is 1. The number of hydrogen-bond donors (Lipinski definition) is 2. The number of nitrogens with two attached hydrogens (primary N) is 1. The third-order valence-electron chi connectivity index (χ3n) is 2.46. The molecule has 0 amide bonds. The van der Waals surface area contributed by atoms with Gasteiger partial charge >= 0.3 is 0 Å². The molecule has 4 nitrogen and oxygen atoms in total. The first kappa shape index (κ1) is 17.9. The zero-order valence-corrected chi connectivity index (χ0v) is 14.4. The summed E-state index contributed by atoms with van der Waals surface area (Å²) in [7, 11) is 1.85. The topological polar surface area (TPSA) is 55.3 Å². The summed E-state index contributed by atoms with van der Waals surface area (Å²) in [6.45, 7) is 3.44. The third-order valence-corrected chi connectivity index (χ3v) is 3.31. The molecule has 0 aliphatic rings. The number of guanidine groups is 1. The number of unbranched alkanes of at least 4 members (excludes halogenated alkanes) is 1. The van der Waals surface area contributed by atoms with E-state index in [1.54, 1.807) is 10.6 Å². The van der Waals surface area contributed by atoms with Gasteiger partial charge in [0.1, 0.15) is 5.15 Å². The molecule has 0 spiro atoms. The Morgan fingerprint density at radius 2 is 2.17 bits per heavy atom. The van der Waals surface area contributed by atoms with Crippen molar-refractivity contribution < 1.29 is 0 Å². The van der Waals surface area contributed by atoms with Crippen molar-refractivity contribution in [1.82, 2.24) is 9.88 Å². The lowest BCUT2D eigenvalue weighted by molar-refractivity contribution is 0.745. The zero-order chi connectivity index (χ0) is 12.8. The van der Waals surface area contributed by atoms with Gasteiger partial charge in [-0.2, -0.15) is 0 Å². The standard InChI is InChI=1S/C11H18Cl2N4.HI/c1-3-4-5-15-11(14)16-7-8-6-9(12)10(13)17(8)2;/h6H,3-5,7H2,1-2H3,(H3,14,15,16);1H. The van der Waals surface area contributed by atoms with Crippen LogP contribution in [0, 0.1) is 0 Å². The van der Waals surface area contributed by atoms with Gasteiger partial charge in [-0.15, -0.1) is 24.0 Å². The average Bonchev–Trinajstić information content (AvgIpc) is 2.54.